The maximum atomic E-state index is 11.5. The predicted octanol–water partition coefficient (Wildman–Crippen LogP) is 1.29. The second-order valence-electron chi connectivity index (χ2n) is 3.93. The van der Waals surface area contributed by atoms with E-state index in [-0.39, 0.29) is 16.7 Å². The van der Waals surface area contributed by atoms with Crippen molar-refractivity contribution in [1.82, 2.24) is 9.97 Å². The van der Waals surface area contributed by atoms with Gasteiger partial charge in [0.1, 0.15) is 5.02 Å². The van der Waals surface area contributed by atoms with Gasteiger partial charge in [-0.1, -0.05) is 28.9 Å². The van der Waals surface area contributed by atoms with Gasteiger partial charge < -0.3 is 20.8 Å². The zero-order valence-electron chi connectivity index (χ0n) is 10.5. The van der Waals surface area contributed by atoms with Gasteiger partial charge in [0.2, 0.25) is 0 Å². The van der Waals surface area contributed by atoms with E-state index in [1.165, 1.54) is 6.33 Å². The number of nitrogens with one attached hydrogen (secondary N) is 1. The molecule has 1 heterocycles. The quantitative estimate of drug-likeness (QED) is 0.342. The number of aromatic amines is 1. The highest BCUT2D eigenvalue weighted by atomic mass is 35.5. The van der Waals surface area contributed by atoms with Crippen molar-refractivity contribution in [1.29, 1.82) is 0 Å². The highest BCUT2D eigenvalue weighted by Crippen LogP contribution is 2.28. The van der Waals surface area contributed by atoms with Gasteiger partial charge in [-0.3, -0.25) is 4.79 Å². The minimum absolute atomic E-state index is 0.0377. The Morgan fingerprint density at radius 3 is 2.90 bits per heavy atom. The Balaban J connectivity index is 2.57. The summed E-state index contributed by atoms with van der Waals surface area (Å²) in [6, 6.07) is 6.95. The summed E-state index contributed by atoms with van der Waals surface area (Å²) >= 11 is 5.94. The number of oxime groups is 1. The van der Waals surface area contributed by atoms with Gasteiger partial charge in [0.05, 0.1) is 12.0 Å². The topological polar surface area (TPSA) is 108 Å². The third-order valence-corrected chi connectivity index (χ3v) is 3.09. The van der Waals surface area contributed by atoms with Gasteiger partial charge in [-0.15, -0.1) is 0 Å². The molecule has 1 aromatic carbocycles. The van der Waals surface area contributed by atoms with Crippen LogP contribution in [0.15, 0.2) is 40.5 Å². The first-order chi connectivity index (χ1) is 9.56. The molecule has 0 radical (unpaired) electrons. The SMILES string of the molecule is CN(c1ccccc1/C(N)=N/O)c1nc[nH]c(=O)c1Cl. The molecule has 2 aromatic rings. The Labute approximate surface area is 119 Å². The molecule has 0 unspecified atom stereocenters. The van der Waals surface area contributed by atoms with Crippen LogP contribution >= 0.6 is 11.6 Å². The molecule has 0 atom stereocenters. The standard InChI is InChI=1S/C12H12ClN5O2/c1-18(11-9(13)12(19)16-6-15-11)8-5-3-2-4-7(8)10(14)17-20/h2-6,20H,1H3,(H2,14,17)(H,15,16,19). The van der Waals surface area contributed by atoms with Gasteiger partial charge in [0.25, 0.3) is 5.56 Å². The fourth-order valence-electron chi connectivity index (χ4n) is 1.76. The number of rotatable bonds is 3. The monoisotopic (exact) mass is 293 g/mol. The molecule has 0 aliphatic carbocycles. The molecule has 0 bridgehead atoms. The lowest BCUT2D eigenvalue weighted by atomic mass is 10.1. The molecular weight excluding hydrogens is 282 g/mol. The van der Waals surface area contributed by atoms with E-state index < -0.39 is 5.56 Å². The molecule has 1 aromatic heterocycles. The third-order valence-electron chi connectivity index (χ3n) is 2.74. The predicted molar refractivity (Wildman–Crippen MR) is 76.9 cm³/mol. The first kappa shape index (κ1) is 13.9. The fraction of sp³-hybridized carbons (Fsp3) is 0.0833. The van der Waals surface area contributed by atoms with Crippen molar-refractivity contribution in [3.8, 4) is 0 Å². The molecule has 0 amide bonds. The molecule has 0 fully saturated rings. The number of H-pyrrole nitrogens is 1. The van der Waals surface area contributed by atoms with E-state index in [9.17, 15) is 4.79 Å². The third kappa shape index (κ3) is 2.43. The lowest BCUT2D eigenvalue weighted by Gasteiger charge is -2.21. The minimum atomic E-state index is -0.440. The molecule has 0 saturated heterocycles. The zero-order valence-corrected chi connectivity index (χ0v) is 11.3. The Bertz CT molecular complexity index is 713. The van der Waals surface area contributed by atoms with Gasteiger partial charge in [-0.2, -0.15) is 0 Å². The molecule has 20 heavy (non-hydrogen) atoms. The number of hydrogen-bond donors (Lipinski definition) is 3. The normalized spacial score (nSPS) is 11.4. The van der Waals surface area contributed by atoms with Crippen LogP contribution < -0.4 is 16.2 Å². The van der Waals surface area contributed by atoms with Gasteiger partial charge in [0, 0.05) is 12.6 Å². The summed E-state index contributed by atoms with van der Waals surface area (Å²) in [4.78, 5) is 19.5. The zero-order chi connectivity index (χ0) is 14.7. The molecule has 0 spiro atoms. The Hall–Kier alpha value is -2.54. The lowest BCUT2D eigenvalue weighted by molar-refractivity contribution is 0.318. The number of anilines is 2. The van der Waals surface area contributed by atoms with Gasteiger partial charge in [-0.25, -0.2) is 4.98 Å². The second-order valence-corrected chi connectivity index (χ2v) is 4.31. The number of hydrogen-bond acceptors (Lipinski definition) is 5. The summed E-state index contributed by atoms with van der Waals surface area (Å²) in [5, 5.41) is 11.8. The van der Waals surface area contributed by atoms with Crippen molar-refractivity contribution in [3.63, 3.8) is 0 Å². The van der Waals surface area contributed by atoms with E-state index >= 15 is 0 Å². The lowest BCUT2D eigenvalue weighted by Crippen LogP contribution is -2.22. The largest absolute Gasteiger partial charge is 0.409 e. The van der Waals surface area contributed by atoms with E-state index in [0.29, 0.717) is 11.3 Å². The highest BCUT2D eigenvalue weighted by Gasteiger charge is 2.16. The summed E-state index contributed by atoms with van der Waals surface area (Å²) in [6.07, 6.45) is 1.26. The highest BCUT2D eigenvalue weighted by molar-refractivity contribution is 6.32. The van der Waals surface area contributed by atoms with E-state index in [1.807, 2.05) is 0 Å². The van der Waals surface area contributed by atoms with Crippen LogP contribution in [0.25, 0.3) is 0 Å². The Morgan fingerprint density at radius 2 is 2.20 bits per heavy atom. The summed E-state index contributed by atoms with van der Waals surface area (Å²) in [5.41, 5.74) is 6.29. The number of aromatic nitrogens is 2. The number of benzene rings is 1. The second kappa shape index (κ2) is 5.62. The molecule has 4 N–H and O–H groups in total. The summed E-state index contributed by atoms with van der Waals surface area (Å²) in [6.45, 7) is 0. The van der Waals surface area contributed by atoms with Crippen LogP contribution in [0.1, 0.15) is 5.56 Å². The first-order valence-electron chi connectivity index (χ1n) is 5.60. The van der Waals surface area contributed by atoms with Crippen molar-refractivity contribution in [2.24, 2.45) is 10.9 Å². The van der Waals surface area contributed by atoms with Crippen molar-refractivity contribution in [2.45, 2.75) is 0 Å². The van der Waals surface area contributed by atoms with Crippen LogP contribution in [0.2, 0.25) is 5.02 Å². The van der Waals surface area contributed by atoms with Crippen molar-refractivity contribution < 1.29 is 5.21 Å². The van der Waals surface area contributed by atoms with E-state index in [4.69, 9.17) is 22.5 Å². The van der Waals surface area contributed by atoms with Gasteiger partial charge >= 0.3 is 0 Å². The first-order valence-corrected chi connectivity index (χ1v) is 5.98. The van der Waals surface area contributed by atoms with Crippen molar-refractivity contribution >= 4 is 28.9 Å². The summed E-state index contributed by atoms with van der Waals surface area (Å²) in [5.74, 6) is 0.224. The van der Waals surface area contributed by atoms with Gasteiger partial charge in [-0.05, 0) is 12.1 Å². The minimum Gasteiger partial charge on any atom is -0.409 e. The molecular formula is C12H12ClN5O2. The van der Waals surface area contributed by atoms with E-state index in [1.54, 1.807) is 36.2 Å². The van der Waals surface area contributed by atoms with Crippen LogP contribution in [-0.4, -0.2) is 28.1 Å². The maximum absolute atomic E-state index is 11.5. The van der Waals surface area contributed by atoms with Crippen molar-refractivity contribution in [2.75, 3.05) is 11.9 Å². The smallest absolute Gasteiger partial charge is 0.271 e. The average Bonchev–Trinajstić information content (AvgIpc) is 2.48. The van der Waals surface area contributed by atoms with Gasteiger partial charge in [0.15, 0.2) is 11.7 Å². The molecule has 8 heteroatoms. The number of amidine groups is 1. The number of nitrogens with two attached hydrogens (primary N) is 1. The van der Waals surface area contributed by atoms with Crippen LogP contribution in [0.5, 0.6) is 0 Å². The average molecular weight is 294 g/mol. The molecule has 7 nitrogen and oxygen atoms in total. The maximum Gasteiger partial charge on any atom is 0.271 e. The van der Waals surface area contributed by atoms with E-state index in [2.05, 4.69) is 15.1 Å². The number of para-hydroxylation sites is 1. The Kier molecular flexibility index (Phi) is 3.90. The van der Waals surface area contributed by atoms with Crippen LogP contribution in [0.3, 0.4) is 0 Å². The molecule has 2 rings (SSSR count). The van der Waals surface area contributed by atoms with Crippen molar-refractivity contribution in [3.05, 3.63) is 51.5 Å². The molecule has 0 saturated carbocycles. The molecule has 0 aliphatic rings. The summed E-state index contributed by atoms with van der Waals surface area (Å²) in [7, 11) is 1.68. The van der Waals surface area contributed by atoms with Crippen LogP contribution in [0, 0.1) is 0 Å². The van der Waals surface area contributed by atoms with Crippen LogP contribution in [-0.2, 0) is 0 Å². The molecule has 0 aliphatic heterocycles. The summed E-state index contributed by atoms with van der Waals surface area (Å²) < 4.78 is 0. The molecule has 104 valence electrons. The number of nitrogens with zero attached hydrogens (tertiary/aromatic N) is 3. The number of halogens is 1. The van der Waals surface area contributed by atoms with Crippen LogP contribution in [0.4, 0.5) is 11.5 Å². The Morgan fingerprint density at radius 1 is 1.50 bits per heavy atom. The van der Waals surface area contributed by atoms with E-state index in [0.717, 1.165) is 0 Å². The fourth-order valence-corrected chi connectivity index (χ4v) is 1.99.